The maximum absolute atomic E-state index is 10.6. The van der Waals surface area contributed by atoms with E-state index in [9.17, 15) is 4.79 Å². The van der Waals surface area contributed by atoms with Gasteiger partial charge in [0.05, 0.1) is 0 Å². The van der Waals surface area contributed by atoms with Crippen LogP contribution in [-0.2, 0) is 6.67 Å². The van der Waals surface area contributed by atoms with Crippen LogP contribution in [0.1, 0.15) is 10.5 Å². The number of aromatic nitrogens is 6. The second kappa shape index (κ2) is 3.69. The molecule has 0 saturated carbocycles. The highest BCUT2D eigenvalue weighted by Gasteiger charge is 2.16. The Morgan fingerprint density at radius 3 is 3.13 bits per heavy atom. The van der Waals surface area contributed by atoms with Gasteiger partial charge >= 0.3 is 5.97 Å². The molecule has 2 heterocycles. The van der Waals surface area contributed by atoms with E-state index in [0.717, 1.165) is 0 Å². The molecule has 0 bridgehead atoms. The van der Waals surface area contributed by atoms with Gasteiger partial charge < -0.3 is 10.4 Å². The zero-order valence-electron chi connectivity index (χ0n) is 7.23. The maximum atomic E-state index is 10.6. The van der Waals surface area contributed by atoms with Crippen molar-refractivity contribution >= 4 is 11.8 Å². The van der Waals surface area contributed by atoms with Crippen LogP contribution in [0.3, 0.4) is 0 Å². The molecule has 0 saturated heterocycles. The Morgan fingerprint density at radius 1 is 1.60 bits per heavy atom. The number of carbonyl (C=O) groups is 1. The van der Waals surface area contributed by atoms with Gasteiger partial charge in [0.1, 0.15) is 13.0 Å². The van der Waals surface area contributed by atoms with Crippen LogP contribution in [0.4, 0.5) is 5.82 Å². The number of aromatic carboxylic acids is 1. The monoisotopic (exact) mass is 211 g/mol. The summed E-state index contributed by atoms with van der Waals surface area (Å²) in [5.41, 5.74) is -0.289. The first kappa shape index (κ1) is 9.05. The molecular weight excluding hydrogens is 206 g/mol. The predicted molar refractivity (Wildman–Crippen MR) is 42.7 cm³/mol. The van der Waals surface area contributed by atoms with Crippen LogP contribution in [-0.4, -0.2) is 41.6 Å². The molecule has 2 rings (SSSR count). The molecule has 78 valence electrons. The number of hydrogen-bond donors (Lipinski definition) is 2. The molecule has 0 aliphatic carbocycles. The van der Waals surface area contributed by atoms with E-state index in [2.05, 4.69) is 35.8 Å². The van der Waals surface area contributed by atoms with E-state index in [4.69, 9.17) is 5.11 Å². The Labute approximate surface area is 81.8 Å². The molecule has 10 heteroatoms. The van der Waals surface area contributed by atoms with Crippen molar-refractivity contribution in [3.8, 4) is 0 Å². The Kier molecular flexibility index (Phi) is 2.23. The summed E-state index contributed by atoms with van der Waals surface area (Å²) in [5.74, 6) is -1.20. The fourth-order valence-electron chi connectivity index (χ4n) is 0.853. The average Bonchev–Trinajstić information content (AvgIpc) is 2.86. The summed E-state index contributed by atoms with van der Waals surface area (Å²) in [6, 6.07) is 0. The summed E-state index contributed by atoms with van der Waals surface area (Å²) in [7, 11) is 0. The van der Waals surface area contributed by atoms with Crippen molar-refractivity contribution in [3.63, 3.8) is 0 Å². The van der Waals surface area contributed by atoms with Gasteiger partial charge in [0.2, 0.25) is 11.5 Å². The van der Waals surface area contributed by atoms with Crippen LogP contribution in [0.15, 0.2) is 11.0 Å². The summed E-state index contributed by atoms with van der Waals surface area (Å²) >= 11 is 0. The molecular formula is C5H5N7O3. The van der Waals surface area contributed by atoms with Gasteiger partial charge in [0.15, 0.2) is 0 Å². The summed E-state index contributed by atoms with van der Waals surface area (Å²) in [6.45, 7) is 0.168. The highest BCUT2D eigenvalue weighted by molar-refractivity contribution is 5.90. The predicted octanol–water partition coefficient (Wildman–Crippen LogP) is -1.18. The molecule has 2 N–H and O–H groups in total. The number of anilines is 1. The number of hydrogen-bond acceptors (Lipinski definition) is 8. The van der Waals surface area contributed by atoms with Crippen LogP contribution in [0, 0.1) is 0 Å². The fourth-order valence-corrected chi connectivity index (χ4v) is 0.853. The number of carboxylic acids is 1. The van der Waals surface area contributed by atoms with Crippen molar-refractivity contribution in [1.82, 2.24) is 30.5 Å². The van der Waals surface area contributed by atoms with E-state index < -0.39 is 5.97 Å². The lowest BCUT2D eigenvalue weighted by atomic mass is 10.4. The lowest BCUT2D eigenvalue weighted by Crippen LogP contribution is -2.11. The zero-order chi connectivity index (χ0) is 10.7. The molecule has 0 spiro atoms. The third-order valence-corrected chi connectivity index (χ3v) is 1.49. The quantitative estimate of drug-likeness (QED) is 0.641. The zero-order valence-corrected chi connectivity index (χ0v) is 7.23. The van der Waals surface area contributed by atoms with Gasteiger partial charge in [-0.2, -0.15) is 0 Å². The van der Waals surface area contributed by atoms with E-state index in [0.29, 0.717) is 0 Å². The molecule has 0 aromatic carbocycles. The third kappa shape index (κ3) is 1.87. The van der Waals surface area contributed by atoms with E-state index in [-0.39, 0.29) is 18.2 Å². The van der Waals surface area contributed by atoms with Gasteiger partial charge in [-0.3, -0.25) is 0 Å². The van der Waals surface area contributed by atoms with Gasteiger partial charge in [-0.25, -0.2) is 14.1 Å². The second-order valence-corrected chi connectivity index (χ2v) is 2.45. The lowest BCUT2D eigenvalue weighted by molar-refractivity contribution is 0.0685. The number of carboxylic acid groups (broad SMARTS) is 1. The molecule has 0 atom stereocenters. The van der Waals surface area contributed by atoms with E-state index >= 15 is 0 Å². The minimum atomic E-state index is -1.23. The van der Waals surface area contributed by atoms with Crippen molar-refractivity contribution in [3.05, 3.63) is 12.0 Å². The van der Waals surface area contributed by atoms with Crippen molar-refractivity contribution in [1.29, 1.82) is 0 Å². The van der Waals surface area contributed by atoms with Gasteiger partial charge in [-0.15, -0.1) is 5.10 Å². The molecule has 0 aliphatic heterocycles. The topological polar surface area (TPSA) is 132 Å². The van der Waals surface area contributed by atoms with E-state index in [1.807, 2.05) is 0 Å². The number of nitrogens with one attached hydrogen (secondary N) is 1. The van der Waals surface area contributed by atoms with Crippen LogP contribution < -0.4 is 5.32 Å². The van der Waals surface area contributed by atoms with Gasteiger partial charge in [-0.05, 0) is 20.7 Å². The Balaban J connectivity index is 2.05. The smallest absolute Gasteiger partial charge is 0.362 e. The molecule has 15 heavy (non-hydrogen) atoms. The van der Waals surface area contributed by atoms with Gasteiger partial charge in [0.25, 0.3) is 0 Å². The Bertz CT molecular complexity index is 449. The maximum Gasteiger partial charge on any atom is 0.362 e. The first-order chi connectivity index (χ1) is 7.27. The average molecular weight is 211 g/mol. The van der Waals surface area contributed by atoms with E-state index in [1.165, 1.54) is 11.0 Å². The molecule has 0 amide bonds. The van der Waals surface area contributed by atoms with Crippen molar-refractivity contribution < 1.29 is 14.5 Å². The normalized spacial score (nSPS) is 10.1. The van der Waals surface area contributed by atoms with Crippen molar-refractivity contribution in [2.45, 2.75) is 6.67 Å². The molecule has 2 aromatic heterocycles. The molecule has 0 unspecified atom stereocenters. The van der Waals surface area contributed by atoms with Gasteiger partial charge in [-0.1, -0.05) is 0 Å². The van der Waals surface area contributed by atoms with Crippen molar-refractivity contribution in [2.24, 2.45) is 0 Å². The number of nitrogens with zero attached hydrogens (tertiary/aromatic N) is 6. The Hall–Kier alpha value is -2.52. The van der Waals surface area contributed by atoms with Crippen LogP contribution in [0.5, 0.6) is 0 Å². The molecule has 0 aliphatic rings. The lowest BCUT2D eigenvalue weighted by Gasteiger charge is -1.99. The SMILES string of the molecule is O=C(O)c1nonc1NCn1cnnn1. The summed E-state index contributed by atoms with van der Waals surface area (Å²) in [5, 5.41) is 28.2. The minimum Gasteiger partial charge on any atom is -0.476 e. The highest BCUT2D eigenvalue weighted by Crippen LogP contribution is 2.08. The molecule has 2 aromatic rings. The third-order valence-electron chi connectivity index (χ3n) is 1.49. The standard InChI is InChI=1S/C5H5N7O3/c13-5(14)3-4(9-15-8-3)6-1-12-2-7-10-11-12/h2H,1H2,(H,6,9)(H,13,14). The first-order valence-corrected chi connectivity index (χ1v) is 3.78. The summed E-state index contributed by atoms with van der Waals surface area (Å²) in [6.07, 6.45) is 1.36. The fraction of sp³-hybridized carbons (Fsp3) is 0.200. The minimum absolute atomic E-state index is 0.0259. The molecule has 0 fully saturated rings. The molecule has 10 nitrogen and oxygen atoms in total. The largest absolute Gasteiger partial charge is 0.476 e. The highest BCUT2D eigenvalue weighted by atomic mass is 16.6. The number of rotatable bonds is 4. The van der Waals surface area contributed by atoms with Crippen LogP contribution >= 0.6 is 0 Å². The van der Waals surface area contributed by atoms with Crippen molar-refractivity contribution in [2.75, 3.05) is 5.32 Å². The first-order valence-electron chi connectivity index (χ1n) is 3.78. The van der Waals surface area contributed by atoms with Crippen LogP contribution in [0.25, 0.3) is 0 Å². The second-order valence-electron chi connectivity index (χ2n) is 2.45. The molecule has 0 radical (unpaired) electrons. The number of tetrazole rings is 1. The van der Waals surface area contributed by atoms with E-state index in [1.54, 1.807) is 0 Å². The van der Waals surface area contributed by atoms with Crippen LogP contribution in [0.2, 0.25) is 0 Å². The Morgan fingerprint density at radius 2 is 2.47 bits per heavy atom. The summed E-state index contributed by atoms with van der Waals surface area (Å²) in [4.78, 5) is 10.6. The summed E-state index contributed by atoms with van der Waals surface area (Å²) < 4.78 is 5.62. The van der Waals surface area contributed by atoms with Gasteiger partial charge in [0, 0.05) is 0 Å².